The van der Waals surface area contributed by atoms with E-state index in [2.05, 4.69) is 14.7 Å². The highest BCUT2D eigenvalue weighted by Gasteiger charge is 2.29. The fourth-order valence-electron chi connectivity index (χ4n) is 1.13. The van der Waals surface area contributed by atoms with Gasteiger partial charge in [0.1, 0.15) is 6.21 Å². The van der Waals surface area contributed by atoms with Crippen LogP contribution in [0.2, 0.25) is 0 Å². The Balaban J connectivity index is 5.39. The predicted octanol–water partition coefficient (Wildman–Crippen LogP) is 3.37. The Hall–Kier alpha value is -0.750. The lowest BCUT2D eigenvalue weighted by atomic mass is 10.5. The quantitative estimate of drug-likeness (QED) is 0.297. The van der Waals surface area contributed by atoms with Crippen molar-refractivity contribution in [1.29, 1.82) is 0 Å². The van der Waals surface area contributed by atoms with Gasteiger partial charge in [-0.05, 0) is 41.5 Å². The van der Waals surface area contributed by atoms with Crippen LogP contribution in [0.3, 0.4) is 0 Å². The maximum Gasteiger partial charge on any atom is 0.379 e. The van der Waals surface area contributed by atoms with E-state index >= 15 is 0 Å². The van der Waals surface area contributed by atoms with Gasteiger partial charge in [-0.2, -0.15) is 0 Å². The smallest absolute Gasteiger partial charge is 0.379 e. The molecule has 0 radical (unpaired) electrons. The molecule has 7 nitrogen and oxygen atoms in total. The Morgan fingerprint density at radius 2 is 1.35 bits per heavy atom. The van der Waals surface area contributed by atoms with Gasteiger partial charge in [-0.1, -0.05) is 4.85 Å². The van der Waals surface area contributed by atoms with Gasteiger partial charge >= 0.3 is 13.7 Å². The number of ether oxygens (including phenoxy) is 1. The molecule has 0 atom stereocenters. The number of methoxy groups -OCH3 is 1. The monoisotopic (exact) mass is 308 g/mol. The van der Waals surface area contributed by atoms with Crippen LogP contribution in [0, 0.1) is 0 Å². The van der Waals surface area contributed by atoms with Gasteiger partial charge in [0.15, 0.2) is 0 Å². The fourth-order valence-corrected chi connectivity index (χ4v) is 3.18. The van der Waals surface area contributed by atoms with Crippen LogP contribution >= 0.6 is 7.74 Å². The van der Waals surface area contributed by atoms with Crippen molar-refractivity contribution in [3.05, 3.63) is 0 Å². The SMILES string of the molecule is COC(=O)/C=N/N=P(OC(C)C)(OC(C)C)OC(C)C. The second-order valence-electron chi connectivity index (χ2n) is 4.79. The van der Waals surface area contributed by atoms with Crippen molar-refractivity contribution in [2.24, 2.45) is 9.96 Å². The van der Waals surface area contributed by atoms with Crippen molar-refractivity contribution in [2.75, 3.05) is 7.11 Å². The van der Waals surface area contributed by atoms with Gasteiger partial charge in [0.05, 0.1) is 25.4 Å². The van der Waals surface area contributed by atoms with E-state index in [4.69, 9.17) is 13.6 Å². The zero-order valence-corrected chi connectivity index (χ0v) is 14.1. The lowest BCUT2D eigenvalue weighted by molar-refractivity contribution is -0.132. The molecule has 0 saturated heterocycles. The lowest BCUT2D eigenvalue weighted by Gasteiger charge is -2.27. The molecule has 0 aromatic rings. The highest BCUT2D eigenvalue weighted by atomic mass is 31.2. The average molecular weight is 308 g/mol. The summed E-state index contributed by atoms with van der Waals surface area (Å²) in [5.74, 6) is -0.606. The van der Waals surface area contributed by atoms with E-state index in [0.717, 1.165) is 6.21 Å². The number of rotatable bonds is 8. The van der Waals surface area contributed by atoms with Crippen LogP contribution in [0.15, 0.2) is 9.96 Å². The molecule has 0 bridgehead atoms. The molecular weight excluding hydrogens is 283 g/mol. The van der Waals surface area contributed by atoms with E-state index in [0.29, 0.717) is 0 Å². The van der Waals surface area contributed by atoms with Gasteiger partial charge in [0.2, 0.25) is 0 Å². The third kappa shape index (κ3) is 8.43. The summed E-state index contributed by atoms with van der Waals surface area (Å²) in [4.78, 5) is 15.0. The van der Waals surface area contributed by atoms with E-state index in [1.165, 1.54) is 7.11 Å². The Morgan fingerprint density at radius 1 is 0.950 bits per heavy atom. The average Bonchev–Trinajstić information content (AvgIpc) is 2.25. The van der Waals surface area contributed by atoms with Gasteiger partial charge in [-0.15, -0.1) is 5.10 Å². The highest BCUT2D eigenvalue weighted by molar-refractivity contribution is 7.51. The molecular formula is C12H25N2O5P. The first-order valence-corrected chi connectivity index (χ1v) is 7.98. The predicted molar refractivity (Wildman–Crippen MR) is 78.5 cm³/mol. The van der Waals surface area contributed by atoms with E-state index in [-0.39, 0.29) is 18.3 Å². The Bertz CT molecular complexity index is 347. The normalized spacial score (nSPS) is 12.7. The topological polar surface area (TPSA) is 78.7 Å². The first kappa shape index (κ1) is 19.2. The van der Waals surface area contributed by atoms with E-state index < -0.39 is 13.7 Å². The van der Waals surface area contributed by atoms with Crippen molar-refractivity contribution >= 4 is 19.9 Å². The van der Waals surface area contributed by atoms with Crippen molar-refractivity contribution < 1.29 is 23.1 Å². The third-order valence-electron chi connectivity index (χ3n) is 1.56. The molecule has 0 aromatic heterocycles. The summed E-state index contributed by atoms with van der Waals surface area (Å²) >= 11 is 0. The van der Waals surface area contributed by atoms with Crippen molar-refractivity contribution in [1.82, 2.24) is 0 Å². The number of carbonyl (C=O) groups is 1. The summed E-state index contributed by atoms with van der Waals surface area (Å²) in [5, 5.41) is 3.67. The zero-order valence-electron chi connectivity index (χ0n) is 13.2. The summed E-state index contributed by atoms with van der Waals surface area (Å²) in [6.45, 7) is 11.1. The van der Waals surface area contributed by atoms with Crippen LogP contribution in [0.5, 0.6) is 0 Å². The molecule has 0 spiro atoms. The maximum atomic E-state index is 11.0. The fraction of sp³-hybridized carbons (Fsp3) is 0.833. The number of hydrogen-bond acceptors (Lipinski definition) is 6. The molecule has 0 aliphatic heterocycles. The second-order valence-corrected chi connectivity index (χ2v) is 6.54. The van der Waals surface area contributed by atoms with Crippen LogP contribution in [0.25, 0.3) is 0 Å². The number of nitrogens with zero attached hydrogens (tertiary/aromatic N) is 2. The molecule has 0 aliphatic carbocycles. The number of hydrogen-bond donors (Lipinski definition) is 0. The van der Waals surface area contributed by atoms with E-state index in [1.54, 1.807) is 0 Å². The van der Waals surface area contributed by atoms with Gasteiger partial charge < -0.3 is 4.74 Å². The minimum Gasteiger partial charge on any atom is -0.465 e. The van der Waals surface area contributed by atoms with Crippen LogP contribution in [-0.4, -0.2) is 37.6 Å². The van der Waals surface area contributed by atoms with Crippen LogP contribution in [0.1, 0.15) is 41.5 Å². The Kier molecular flexibility index (Phi) is 8.89. The third-order valence-corrected chi connectivity index (χ3v) is 3.94. The molecule has 0 N–H and O–H groups in total. The van der Waals surface area contributed by atoms with E-state index in [1.807, 2.05) is 41.5 Å². The molecule has 118 valence electrons. The molecule has 0 rings (SSSR count). The molecule has 20 heavy (non-hydrogen) atoms. The number of carbonyl (C=O) groups excluding carboxylic acids is 1. The molecule has 8 heteroatoms. The van der Waals surface area contributed by atoms with Crippen LogP contribution in [-0.2, 0) is 23.1 Å². The Morgan fingerprint density at radius 3 is 1.65 bits per heavy atom. The minimum absolute atomic E-state index is 0.155. The minimum atomic E-state index is -3.01. The molecule has 0 heterocycles. The first-order valence-electron chi connectivity index (χ1n) is 6.48. The molecule has 0 fully saturated rings. The van der Waals surface area contributed by atoms with Crippen molar-refractivity contribution in [2.45, 2.75) is 59.9 Å². The maximum absolute atomic E-state index is 11.0. The highest BCUT2D eigenvalue weighted by Crippen LogP contribution is 2.56. The largest absolute Gasteiger partial charge is 0.465 e. The summed E-state index contributed by atoms with van der Waals surface area (Å²) in [6.07, 6.45) is 0.486. The Labute approximate surface area is 120 Å². The van der Waals surface area contributed by atoms with Gasteiger partial charge in [0.25, 0.3) is 0 Å². The number of esters is 1. The van der Waals surface area contributed by atoms with Crippen LogP contribution < -0.4 is 0 Å². The summed E-state index contributed by atoms with van der Waals surface area (Å²) in [6, 6.07) is 0. The molecule has 0 aliphatic rings. The van der Waals surface area contributed by atoms with Crippen molar-refractivity contribution in [3.8, 4) is 0 Å². The second kappa shape index (κ2) is 9.23. The zero-order chi connectivity index (χ0) is 15.8. The summed E-state index contributed by atoms with van der Waals surface area (Å²) in [5.41, 5.74) is 0. The van der Waals surface area contributed by atoms with Crippen molar-refractivity contribution in [3.63, 3.8) is 0 Å². The van der Waals surface area contributed by atoms with Gasteiger partial charge in [-0.3, -0.25) is 13.6 Å². The van der Waals surface area contributed by atoms with E-state index in [9.17, 15) is 4.79 Å². The molecule has 0 aromatic carbocycles. The lowest BCUT2D eigenvalue weighted by Crippen LogP contribution is -2.13. The molecule has 0 amide bonds. The molecule has 0 saturated carbocycles. The first-order chi connectivity index (χ1) is 9.20. The van der Waals surface area contributed by atoms with Gasteiger partial charge in [0, 0.05) is 0 Å². The standard InChI is InChI=1S/C12H25N2O5P/c1-9(2)17-20(18-10(3)4,19-11(5)6)14-13-8-12(15)16-7/h8-11H,1-7H3/b13-8+. The van der Waals surface area contributed by atoms with Crippen LogP contribution in [0.4, 0.5) is 0 Å². The summed E-state index contributed by atoms with van der Waals surface area (Å²) < 4.78 is 21.6. The molecule has 0 unspecified atom stereocenters. The summed E-state index contributed by atoms with van der Waals surface area (Å²) in [7, 11) is -1.75. The van der Waals surface area contributed by atoms with Gasteiger partial charge in [-0.25, -0.2) is 4.79 Å².